The topological polar surface area (TPSA) is 117 Å². The minimum Gasteiger partial charge on any atom is -0.496 e. The van der Waals surface area contributed by atoms with Crippen LogP contribution in [0.5, 0.6) is 5.75 Å². The van der Waals surface area contributed by atoms with Crippen LogP contribution in [0.4, 0.5) is 9.59 Å². The minimum atomic E-state index is -1.22. The first kappa shape index (κ1) is 21.2. The quantitative estimate of drug-likeness (QED) is 0.604. The van der Waals surface area contributed by atoms with E-state index in [9.17, 15) is 19.2 Å². The van der Waals surface area contributed by atoms with Gasteiger partial charge in [-0.05, 0) is 31.9 Å². The molecule has 0 bridgehead atoms. The van der Waals surface area contributed by atoms with Crippen molar-refractivity contribution >= 4 is 23.9 Å². The summed E-state index contributed by atoms with van der Waals surface area (Å²) in [5.41, 5.74) is -0.467. The molecule has 1 aliphatic rings. The van der Waals surface area contributed by atoms with Crippen LogP contribution in [-0.4, -0.2) is 54.0 Å². The van der Waals surface area contributed by atoms with Gasteiger partial charge in [-0.1, -0.05) is 25.1 Å². The van der Waals surface area contributed by atoms with E-state index < -0.39 is 36.0 Å². The average Bonchev–Trinajstić information content (AvgIpc) is 2.84. The Morgan fingerprint density at radius 2 is 1.96 bits per heavy atom. The number of benzene rings is 1. The summed E-state index contributed by atoms with van der Waals surface area (Å²) in [4.78, 5) is 49.7. The van der Waals surface area contributed by atoms with Gasteiger partial charge in [0, 0.05) is 12.5 Å². The molecular formula is C19H26N4O5. The third-order valence-electron chi connectivity index (χ3n) is 4.63. The Morgan fingerprint density at radius 3 is 2.61 bits per heavy atom. The van der Waals surface area contributed by atoms with Crippen molar-refractivity contribution in [3.63, 3.8) is 0 Å². The Bertz CT molecular complexity index is 781. The second-order valence-corrected chi connectivity index (χ2v) is 6.97. The molecule has 1 aromatic rings. The molecule has 1 saturated heterocycles. The van der Waals surface area contributed by atoms with Crippen LogP contribution < -0.4 is 20.7 Å². The fourth-order valence-corrected chi connectivity index (χ4v) is 2.91. The molecule has 0 saturated carbocycles. The van der Waals surface area contributed by atoms with E-state index in [1.165, 1.54) is 7.11 Å². The fraction of sp³-hybridized carbons (Fsp3) is 0.474. The number of nitrogens with one attached hydrogen (secondary N) is 3. The summed E-state index contributed by atoms with van der Waals surface area (Å²) in [6.07, 6.45) is 0.907. The van der Waals surface area contributed by atoms with Gasteiger partial charge in [-0.2, -0.15) is 0 Å². The number of methoxy groups -OCH3 is 1. The molecule has 3 N–H and O–H groups in total. The van der Waals surface area contributed by atoms with E-state index in [4.69, 9.17) is 4.74 Å². The molecule has 0 unspecified atom stereocenters. The molecule has 9 heteroatoms. The van der Waals surface area contributed by atoms with Crippen LogP contribution in [0.15, 0.2) is 24.3 Å². The van der Waals surface area contributed by atoms with Crippen molar-refractivity contribution in [3.05, 3.63) is 29.8 Å². The third-order valence-corrected chi connectivity index (χ3v) is 4.63. The van der Waals surface area contributed by atoms with E-state index in [-0.39, 0.29) is 12.5 Å². The highest BCUT2D eigenvalue weighted by atomic mass is 16.5. The number of imide groups is 2. The molecule has 28 heavy (non-hydrogen) atoms. The van der Waals surface area contributed by atoms with Gasteiger partial charge in [0.25, 0.3) is 5.91 Å². The van der Waals surface area contributed by atoms with Gasteiger partial charge in [0.15, 0.2) is 0 Å². The fourth-order valence-electron chi connectivity index (χ4n) is 2.91. The number of para-hydroxylation sites is 1. The Hall–Kier alpha value is -3.10. The highest BCUT2D eigenvalue weighted by molar-refractivity contribution is 6.09. The van der Waals surface area contributed by atoms with Crippen LogP contribution in [0.1, 0.15) is 32.8 Å². The molecule has 9 nitrogen and oxygen atoms in total. The van der Waals surface area contributed by atoms with Crippen LogP contribution >= 0.6 is 0 Å². The van der Waals surface area contributed by atoms with Crippen molar-refractivity contribution < 1.29 is 23.9 Å². The van der Waals surface area contributed by atoms with Gasteiger partial charge in [-0.3, -0.25) is 19.8 Å². The number of nitrogens with zero attached hydrogens (tertiary/aromatic N) is 1. The van der Waals surface area contributed by atoms with E-state index in [0.29, 0.717) is 12.2 Å². The molecule has 0 aliphatic carbocycles. The Labute approximate surface area is 163 Å². The van der Waals surface area contributed by atoms with Gasteiger partial charge < -0.3 is 15.4 Å². The summed E-state index contributed by atoms with van der Waals surface area (Å²) in [6, 6.07) is 5.74. The lowest BCUT2D eigenvalue weighted by atomic mass is 9.92. The summed E-state index contributed by atoms with van der Waals surface area (Å²) in [5.74, 6) is -0.685. The van der Waals surface area contributed by atoms with Crippen molar-refractivity contribution in [1.82, 2.24) is 20.9 Å². The number of carbonyl (C=O) groups excluding carboxylic acids is 4. The van der Waals surface area contributed by atoms with Crippen molar-refractivity contribution in [3.8, 4) is 5.75 Å². The van der Waals surface area contributed by atoms with Crippen LogP contribution in [0, 0.1) is 0 Å². The lowest BCUT2D eigenvalue weighted by Gasteiger charge is -2.22. The smallest absolute Gasteiger partial charge is 0.325 e. The molecule has 0 radical (unpaired) electrons. The van der Waals surface area contributed by atoms with Crippen LogP contribution in [-0.2, 0) is 16.0 Å². The first-order valence-electron chi connectivity index (χ1n) is 9.06. The van der Waals surface area contributed by atoms with E-state index in [0.717, 1.165) is 10.5 Å². The maximum Gasteiger partial charge on any atom is 0.325 e. The largest absolute Gasteiger partial charge is 0.496 e. The SMILES string of the molecule is CC[C@@H](C)NC(=O)NC(=O)CN1C(=O)N[C@](C)(Cc2ccccc2OC)C1=O. The molecule has 0 aromatic heterocycles. The molecule has 6 amide bonds. The van der Waals surface area contributed by atoms with Gasteiger partial charge in [0.2, 0.25) is 5.91 Å². The average molecular weight is 390 g/mol. The number of amides is 6. The molecule has 1 aromatic carbocycles. The van der Waals surface area contributed by atoms with Crippen LogP contribution in [0.3, 0.4) is 0 Å². The maximum absolute atomic E-state index is 12.8. The summed E-state index contributed by atoms with van der Waals surface area (Å²) in [5, 5.41) is 7.34. The first-order chi connectivity index (χ1) is 13.2. The van der Waals surface area contributed by atoms with E-state index >= 15 is 0 Å². The number of rotatable bonds is 7. The third kappa shape index (κ3) is 4.79. The van der Waals surface area contributed by atoms with Gasteiger partial charge in [0.1, 0.15) is 17.8 Å². The summed E-state index contributed by atoms with van der Waals surface area (Å²) in [6.45, 7) is 4.74. The highest BCUT2D eigenvalue weighted by Gasteiger charge is 2.48. The number of ether oxygens (including phenoxy) is 1. The van der Waals surface area contributed by atoms with Crippen molar-refractivity contribution in [2.24, 2.45) is 0 Å². The van der Waals surface area contributed by atoms with Gasteiger partial charge in [0.05, 0.1) is 7.11 Å². The van der Waals surface area contributed by atoms with Gasteiger partial charge in [-0.15, -0.1) is 0 Å². The van der Waals surface area contributed by atoms with Crippen molar-refractivity contribution in [1.29, 1.82) is 0 Å². The molecule has 2 rings (SSSR count). The molecule has 2 atom stereocenters. The monoisotopic (exact) mass is 390 g/mol. The molecule has 1 heterocycles. The number of hydrogen-bond donors (Lipinski definition) is 3. The number of hydrogen-bond acceptors (Lipinski definition) is 5. The Balaban J connectivity index is 2.04. The number of carbonyl (C=O) groups is 4. The molecular weight excluding hydrogens is 364 g/mol. The Morgan fingerprint density at radius 1 is 1.29 bits per heavy atom. The first-order valence-corrected chi connectivity index (χ1v) is 9.06. The lowest BCUT2D eigenvalue weighted by molar-refractivity contribution is -0.134. The van der Waals surface area contributed by atoms with Crippen LogP contribution in [0.2, 0.25) is 0 Å². The van der Waals surface area contributed by atoms with E-state index in [2.05, 4.69) is 16.0 Å². The highest BCUT2D eigenvalue weighted by Crippen LogP contribution is 2.27. The summed E-state index contributed by atoms with van der Waals surface area (Å²) < 4.78 is 5.29. The normalized spacial score (nSPS) is 19.8. The maximum atomic E-state index is 12.8. The van der Waals surface area contributed by atoms with Gasteiger partial charge >= 0.3 is 12.1 Å². The van der Waals surface area contributed by atoms with Gasteiger partial charge in [-0.25, -0.2) is 9.59 Å². The zero-order valence-corrected chi connectivity index (χ0v) is 16.5. The predicted molar refractivity (Wildman–Crippen MR) is 102 cm³/mol. The van der Waals surface area contributed by atoms with Crippen LogP contribution in [0.25, 0.3) is 0 Å². The number of urea groups is 2. The zero-order chi connectivity index (χ0) is 20.9. The molecule has 0 spiro atoms. The van der Waals surface area contributed by atoms with Crippen molar-refractivity contribution in [2.75, 3.05) is 13.7 Å². The second-order valence-electron chi connectivity index (χ2n) is 6.97. The molecule has 152 valence electrons. The summed E-state index contributed by atoms with van der Waals surface area (Å²) >= 11 is 0. The minimum absolute atomic E-state index is 0.103. The van der Waals surface area contributed by atoms with E-state index in [1.54, 1.807) is 32.0 Å². The molecule has 1 fully saturated rings. The van der Waals surface area contributed by atoms with Crippen molar-refractivity contribution in [2.45, 2.75) is 45.2 Å². The Kier molecular flexibility index (Phi) is 6.61. The molecule has 1 aliphatic heterocycles. The zero-order valence-electron chi connectivity index (χ0n) is 16.5. The summed E-state index contributed by atoms with van der Waals surface area (Å²) in [7, 11) is 1.53. The standard InChI is InChI=1S/C19H26N4O5/c1-5-12(2)20-17(26)21-15(24)11-23-16(25)19(3,22-18(23)27)10-13-8-6-7-9-14(13)28-4/h6-9,12H,5,10-11H2,1-4H3,(H,22,27)(H2,20,21,24,26)/t12-,19-/m1/s1. The second kappa shape index (κ2) is 8.73. The predicted octanol–water partition coefficient (Wildman–Crippen LogP) is 1.17. The lowest BCUT2D eigenvalue weighted by Crippen LogP contribution is -2.49. The van der Waals surface area contributed by atoms with E-state index in [1.807, 2.05) is 13.0 Å².